The lowest BCUT2D eigenvalue weighted by atomic mass is 10.2. The van der Waals surface area contributed by atoms with E-state index in [1.807, 2.05) is 6.92 Å². The molecule has 0 fully saturated rings. The summed E-state index contributed by atoms with van der Waals surface area (Å²) in [6, 6.07) is 9.54. The predicted octanol–water partition coefficient (Wildman–Crippen LogP) is 4.71. The molecule has 1 aromatic heterocycles. The Kier molecular flexibility index (Phi) is 5.09. The van der Waals surface area contributed by atoms with Crippen LogP contribution >= 0.6 is 11.6 Å². The van der Waals surface area contributed by atoms with Crippen molar-refractivity contribution in [2.24, 2.45) is 0 Å². The van der Waals surface area contributed by atoms with Gasteiger partial charge in [0.1, 0.15) is 29.5 Å². The average molecular weight is 375 g/mol. The van der Waals surface area contributed by atoms with Crippen LogP contribution in [0.2, 0.25) is 5.02 Å². The summed E-state index contributed by atoms with van der Waals surface area (Å²) in [6.45, 7) is 1.81. The second kappa shape index (κ2) is 7.45. The molecule has 0 aliphatic rings. The lowest BCUT2D eigenvalue weighted by Crippen LogP contribution is -2.15. The van der Waals surface area contributed by atoms with Crippen molar-refractivity contribution in [3.63, 3.8) is 0 Å². The summed E-state index contributed by atoms with van der Waals surface area (Å²) in [6.07, 6.45) is 1.17. The molecule has 0 unspecified atom stereocenters. The molecule has 0 bridgehead atoms. The first-order valence-electron chi connectivity index (χ1n) is 7.54. The van der Waals surface area contributed by atoms with Gasteiger partial charge in [0.25, 0.3) is 5.91 Å². The normalized spacial score (nSPS) is 10.5. The van der Waals surface area contributed by atoms with Crippen LogP contribution in [0.3, 0.4) is 0 Å². The van der Waals surface area contributed by atoms with E-state index in [9.17, 15) is 13.6 Å². The van der Waals surface area contributed by atoms with Crippen molar-refractivity contribution in [3.05, 3.63) is 76.7 Å². The van der Waals surface area contributed by atoms with E-state index in [1.165, 1.54) is 18.5 Å². The Hall–Kier alpha value is -3.06. The highest BCUT2D eigenvalue weighted by molar-refractivity contribution is 6.30. The third kappa shape index (κ3) is 4.12. The Morgan fingerprint density at radius 2 is 1.81 bits per heavy atom. The van der Waals surface area contributed by atoms with Crippen LogP contribution in [0.25, 0.3) is 0 Å². The van der Waals surface area contributed by atoms with Crippen LogP contribution in [-0.2, 0) is 0 Å². The van der Waals surface area contributed by atoms with Crippen molar-refractivity contribution in [3.8, 4) is 0 Å². The van der Waals surface area contributed by atoms with Crippen molar-refractivity contribution in [2.75, 3.05) is 10.6 Å². The lowest BCUT2D eigenvalue weighted by molar-refractivity contribution is 0.102. The summed E-state index contributed by atoms with van der Waals surface area (Å²) in [7, 11) is 0. The van der Waals surface area contributed by atoms with E-state index in [2.05, 4.69) is 20.6 Å². The molecule has 3 aromatic rings. The van der Waals surface area contributed by atoms with Crippen LogP contribution in [0.5, 0.6) is 0 Å². The molecule has 8 heteroatoms. The fourth-order valence-electron chi connectivity index (χ4n) is 2.23. The highest BCUT2D eigenvalue weighted by Gasteiger charge is 2.12. The summed E-state index contributed by atoms with van der Waals surface area (Å²) in [5, 5.41) is 5.98. The van der Waals surface area contributed by atoms with E-state index in [-0.39, 0.29) is 17.2 Å². The summed E-state index contributed by atoms with van der Waals surface area (Å²) >= 11 is 5.90. The van der Waals surface area contributed by atoms with Gasteiger partial charge in [0, 0.05) is 22.8 Å². The molecule has 26 heavy (non-hydrogen) atoms. The Bertz CT molecular complexity index is 981. The maximum absolute atomic E-state index is 13.7. The zero-order valence-corrected chi connectivity index (χ0v) is 14.3. The molecule has 1 heterocycles. The number of nitrogens with one attached hydrogen (secondary N) is 2. The maximum atomic E-state index is 13.7. The third-order valence-corrected chi connectivity index (χ3v) is 3.77. The lowest BCUT2D eigenvalue weighted by Gasteiger charge is -2.10. The first-order chi connectivity index (χ1) is 12.4. The minimum absolute atomic E-state index is 0.0324. The second-order valence-corrected chi connectivity index (χ2v) is 5.89. The van der Waals surface area contributed by atoms with E-state index in [0.29, 0.717) is 10.7 Å². The van der Waals surface area contributed by atoms with E-state index >= 15 is 0 Å². The topological polar surface area (TPSA) is 66.9 Å². The standard InChI is InChI=1S/C18H13ClF2N4O/c1-10-6-11(19)2-4-14(10)25-18(26)16-8-17(23-9-22-16)24-15-5-3-12(20)7-13(15)21/h2-9H,1H3,(H,25,26)(H,22,23,24). The number of halogens is 3. The van der Waals surface area contributed by atoms with Gasteiger partial charge in [-0.1, -0.05) is 11.6 Å². The van der Waals surface area contributed by atoms with Crippen molar-refractivity contribution < 1.29 is 13.6 Å². The summed E-state index contributed by atoms with van der Waals surface area (Å²) in [4.78, 5) is 20.2. The van der Waals surface area contributed by atoms with Crippen LogP contribution in [0.4, 0.5) is 26.0 Å². The van der Waals surface area contributed by atoms with Gasteiger partial charge in [-0.25, -0.2) is 18.7 Å². The molecular weight excluding hydrogens is 362 g/mol. The van der Waals surface area contributed by atoms with Crippen molar-refractivity contribution in [1.29, 1.82) is 0 Å². The zero-order chi connectivity index (χ0) is 18.7. The molecule has 0 atom stereocenters. The van der Waals surface area contributed by atoms with E-state index < -0.39 is 17.5 Å². The molecule has 2 aromatic carbocycles. The SMILES string of the molecule is Cc1cc(Cl)ccc1NC(=O)c1cc(Nc2ccc(F)cc2F)ncn1. The van der Waals surface area contributed by atoms with E-state index in [4.69, 9.17) is 11.6 Å². The molecule has 0 aliphatic heterocycles. The van der Waals surface area contributed by atoms with E-state index in [0.717, 1.165) is 17.7 Å². The van der Waals surface area contributed by atoms with Gasteiger partial charge in [0.05, 0.1) is 5.69 Å². The summed E-state index contributed by atoms with van der Waals surface area (Å²) in [5.41, 5.74) is 1.51. The van der Waals surface area contributed by atoms with Gasteiger partial charge in [-0.05, 0) is 42.8 Å². The molecule has 0 spiro atoms. The van der Waals surface area contributed by atoms with Crippen molar-refractivity contribution in [1.82, 2.24) is 9.97 Å². The zero-order valence-electron chi connectivity index (χ0n) is 13.6. The molecule has 132 valence electrons. The molecule has 3 rings (SSSR count). The number of anilines is 3. The Labute approximate surface area is 153 Å². The highest BCUT2D eigenvalue weighted by Crippen LogP contribution is 2.22. The van der Waals surface area contributed by atoms with Gasteiger partial charge in [0.2, 0.25) is 0 Å². The molecule has 2 N–H and O–H groups in total. The molecule has 0 aliphatic carbocycles. The molecular formula is C18H13ClF2N4O. The van der Waals surface area contributed by atoms with Crippen LogP contribution in [0.1, 0.15) is 16.1 Å². The van der Waals surface area contributed by atoms with E-state index in [1.54, 1.807) is 18.2 Å². The maximum Gasteiger partial charge on any atom is 0.274 e. The smallest absolute Gasteiger partial charge is 0.274 e. The number of carbonyl (C=O) groups excluding carboxylic acids is 1. The van der Waals surface area contributed by atoms with Crippen molar-refractivity contribution >= 4 is 34.7 Å². The third-order valence-electron chi connectivity index (χ3n) is 3.53. The van der Waals surface area contributed by atoms with Gasteiger partial charge in [-0.3, -0.25) is 4.79 Å². The number of carbonyl (C=O) groups is 1. The van der Waals surface area contributed by atoms with Crippen LogP contribution in [-0.4, -0.2) is 15.9 Å². The summed E-state index contributed by atoms with van der Waals surface area (Å²) in [5.74, 6) is -1.72. The first-order valence-corrected chi connectivity index (χ1v) is 7.92. The summed E-state index contributed by atoms with van der Waals surface area (Å²) < 4.78 is 26.7. The highest BCUT2D eigenvalue weighted by atomic mass is 35.5. The second-order valence-electron chi connectivity index (χ2n) is 5.45. The minimum Gasteiger partial charge on any atom is -0.338 e. The fraction of sp³-hybridized carbons (Fsp3) is 0.0556. The van der Waals surface area contributed by atoms with Gasteiger partial charge in [-0.2, -0.15) is 0 Å². The monoisotopic (exact) mass is 374 g/mol. The van der Waals surface area contributed by atoms with Gasteiger partial charge in [0.15, 0.2) is 0 Å². The largest absolute Gasteiger partial charge is 0.338 e. The molecule has 5 nitrogen and oxygen atoms in total. The van der Waals surface area contributed by atoms with Crippen molar-refractivity contribution in [2.45, 2.75) is 6.92 Å². The number of hydrogen-bond acceptors (Lipinski definition) is 4. The Morgan fingerprint density at radius 1 is 1.04 bits per heavy atom. The Balaban J connectivity index is 1.79. The molecule has 0 radical (unpaired) electrons. The first kappa shape index (κ1) is 17.8. The fourth-order valence-corrected chi connectivity index (χ4v) is 2.46. The van der Waals surface area contributed by atoms with Gasteiger partial charge < -0.3 is 10.6 Å². The number of benzene rings is 2. The Morgan fingerprint density at radius 3 is 2.54 bits per heavy atom. The van der Waals surface area contributed by atoms with Crippen LogP contribution in [0.15, 0.2) is 48.8 Å². The van der Waals surface area contributed by atoms with Gasteiger partial charge >= 0.3 is 0 Å². The van der Waals surface area contributed by atoms with Gasteiger partial charge in [-0.15, -0.1) is 0 Å². The number of aromatic nitrogens is 2. The number of nitrogens with zero attached hydrogens (tertiary/aromatic N) is 2. The number of rotatable bonds is 4. The molecule has 0 saturated heterocycles. The number of amides is 1. The molecule has 1 amide bonds. The quantitative estimate of drug-likeness (QED) is 0.694. The number of hydrogen-bond donors (Lipinski definition) is 2. The average Bonchev–Trinajstić information content (AvgIpc) is 2.60. The molecule has 0 saturated carbocycles. The minimum atomic E-state index is -0.772. The number of aryl methyl sites for hydroxylation is 1. The van der Waals surface area contributed by atoms with Crippen LogP contribution < -0.4 is 10.6 Å². The van der Waals surface area contributed by atoms with Crippen LogP contribution in [0, 0.1) is 18.6 Å². The predicted molar refractivity (Wildman–Crippen MR) is 95.8 cm³/mol.